The highest BCUT2D eigenvalue weighted by molar-refractivity contribution is 5.69. The van der Waals surface area contributed by atoms with Crippen LogP contribution in [0.1, 0.15) is 90.9 Å². The van der Waals surface area contributed by atoms with Crippen molar-refractivity contribution in [2.45, 2.75) is 90.9 Å². The van der Waals surface area contributed by atoms with Crippen molar-refractivity contribution in [1.82, 2.24) is 0 Å². The Morgan fingerprint density at radius 1 is 0.420 bits per heavy atom. The third-order valence-electron chi connectivity index (χ3n) is 10.5. The van der Waals surface area contributed by atoms with Gasteiger partial charge in [-0.1, -0.05) is 71.6 Å². The summed E-state index contributed by atoms with van der Waals surface area (Å²) in [5, 5.41) is 39.4. The third-order valence-corrected chi connectivity index (χ3v) is 10.5. The molecule has 0 rings (SSSR count). The van der Waals surface area contributed by atoms with Crippen LogP contribution in [0, 0.1) is 0 Å². The highest BCUT2D eigenvalue weighted by Crippen LogP contribution is 2.15. The SMILES string of the molecule is CCCCCCCCCCCCOC(=O)CC[N+](C)(CCO)CC[N+](C)(CCO)CC[N+](C)(CCO)CC[N+](C)(CCC)CCO.[Cl-].[Cl-].[Cl-].[Cl-]. The molecule has 4 atom stereocenters. The summed E-state index contributed by atoms with van der Waals surface area (Å²) < 4.78 is 8.41. The molecule has 0 radical (unpaired) electrons. The van der Waals surface area contributed by atoms with Crippen LogP contribution in [-0.2, 0) is 9.53 Å². The predicted molar refractivity (Wildman–Crippen MR) is 189 cm³/mol. The number of ether oxygens (including phenoxy) is 1. The van der Waals surface area contributed by atoms with E-state index in [1.165, 1.54) is 51.4 Å². The maximum absolute atomic E-state index is 12.6. The van der Waals surface area contributed by atoms with E-state index in [0.29, 0.717) is 48.2 Å². The lowest BCUT2D eigenvalue weighted by atomic mass is 10.1. The fourth-order valence-electron chi connectivity index (χ4n) is 6.50. The van der Waals surface area contributed by atoms with E-state index < -0.39 is 0 Å². The van der Waals surface area contributed by atoms with Crippen molar-refractivity contribution >= 4 is 5.97 Å². The average molecular weight is 807 g/mol. The normalized spacial score (nSPS) is 15.8. The molecule has 10 nitrogen and oxygen atoms in total. The van der Waals surface area contributed by atoms with Gasteiger partial charge in [-0.15, -0.1) is 0 Å². The first-order chi connectivity index (χ1) is 21.9. The Morgan fingerprint density at radius 2 is 0.720 bits per heavy atom. The van der Waals surface area contributed by atoms with E-state index in [1.807, 2.05) is 0 Å². The first-order valence-electron chi connectivity index (χ1n) is 18.8. The Kier molecular flexibility index (Phi) is 41.8. The molecule has 0 fully saturated rings. The number of likely N-dealkylation sites (N-methyl/N-ethyl adjacent to an activating group) is 4. The molecule has 0 bridgehead atoms. The second-order valence-corrected chi connectivity index (χ2v) is 15.2. The average Bonchev–Trinajstić information content (AvgIpc) is 3.01. The minimum Gasteiger partial charge on any atom is -1.00 e. The van der Waals surface area contributed by atoms with E-state index in [2.05, 4.69) is 42.0 Å². The maximum atomic E-state index is 12.6. The van der Waals surface area contributed by atoms with Crippen LogP contribution in [0.2, 0.25) is 0 Å². The topological polar surface area (TPSA) is 107 Å². The zero-order chi connectivity index (χ0) is 34.8. The molecule has 0 heterocycles. The Hall–Kier alpha value is 0.310. The summed E-state index contributed by atoms with van der Waals surface area (Å²) in [5.74, 6) is -0.155. The molecular weight excluding hydrogens is 726 g/mol. The lowest BCUT2D eigenvalue weighted by Gasteiger charge is -2.43. The number of halogens is 4. The number of aliphatic hydroxyl groups excluding tert-OH is 4. The fourth-order valence-corrected chi connectivity index (χ4v) is 6.50. The standard InChI is InChI=1S/C36H80N4O6.4ClH/c1-7-9-10-11-12-13-14-15-16-17-35-46-36(45)18-20-38(4,28-32-42)22-24-40(6,30-34-44)26-25-39(5,29-33-43)23-21-37(3,19-8-2)27-31-41;;;;/h41-44H,7-35H2,1-6H3;4*1H/q+4;;;;/p-4. The highest BCUT2D eigenvalue weighted by atomic mass is 35.5. The van der Waals surface area contributed by atoms with Crippen molar-refractivity contribution < 1.29 is 97.5 Å². The van der Waals surface area contributed by atoms with E-state index in [1.54, 1.807) is 0 Å². The smallest absolute Gasteiger partial charge is 0.311 e. The zero-order valence-electron chi connectivity index (χ0n) is 32.9. The molecule has 0 aliphatic heterocycles. The molecule has 0 amide bonds. The number of carbonyl (C=O) groups excluding carboxylic acids is 1. The van der Waals surface area contributed by atoms with Gasteiger partial charge in [0.15, 0.2) is 0 Å². The van der Waals surface area contributed by atoms with Crippen molar-refractivity contribution in [2.75, 3.05) is 140 Å². The van der Waals surface area contributed by atoms with Gasteiger partial charge in [0.25, 0.3) is 0 Å². The van der Waals surface area contributed by atoms with E-state index in [0.717, 1.165) is 80.6 Å². The van der Waals surface area contributed by atoms with E-state index >= 15 is 0 Å². The number of hydrogen-bond donors (Lipinski definition) is 4. The van der Waals surface area contributed by atoms with Crippen molar-refractivity contribution in [3.05, 3.63) is 0 Å². The number of hydrogen-bond acceptors (Lipinski definition) is 6. The molecule has 0 aliphatic rings. The molecule has 0 saturated heterocycles. The summed E-state index contributed by atoms with van der Waals surface area (Å²) >= 11 is 0. The summed E-state index contributed by atoms with van der Waals surface area (Å²) in [6.45, 7) is 14.8. The van der Waals surface area contributed by atoms with Gasteiger partial charge in [-0.05, 0) is 12.8 Å². The lowest BCUT2D eigenvalue weighted by Crippen LogP contribution is -3.00. The summed E-state index contributed by atoms with van der Waals surface area (Å²) in [4.78, 5) is 12.6. The van der Waals surface area contributed by atoms with Gasteiger partial charge >= 0.3 is 5.97 Å². The van der Waals surface area contributed by atoms with Gasteiger partial charge in [-0.25, -0.2) is 0 Å². The minimum atomic E-state index is -0.155. The van der Waals surface area contributed by atoms with E-state index in [9.17, 15) is 25.2 Å². The van der Waals surface area contributed by atoms with Crippen molar-refractivity contribution in [1.29, 1.82) is 0 Å². The second kappa shape index (κ2) is 35.0. The van der Waals surface area contributed by atoms with Crippen LogP contribution in [0.25, 0.3) is 0 Å². The van der Waals surface area contributed by atoms with E-state index in [-0.39, 0.29) is 82.0 Å². The predicted octanol–water partition coefficient (Wildman–Crippen LogP) is -8.98. The zero-order valence-corrected chi connectivity index (χ0v) is 35.9. The Labute approximate surface area is 332 Å². The van der Waals surface area contributed by atoms with Crippen molar-refractivity contribution in [3.63, 3.8) is 0 Å². The molecular formula is C36H80Cl4N4O6. The number of quaternary nitrogens is 4. The number of aliphatic hydroxyl groups is 4. The second-order valence-electron chi connectivity index (χ2n) is 15.2. The van der Waals surface area contributed by atoms with Crippen LogP contribution in [0.5, 0.6) is 0 Å². The summed E-state index contributed by atoms with van der Waals surface area (Å²) in [6, 6.07) is 0. The van der Waals surface area contributed by atoms with Gasteiger partial charge in [0.05, 0.1) is 80.7 Å². The minimum absolute atomic E-state index is 0. The van der Waals surface area contributed by atoms with Crippen molar-refractivity contribution in [2.24, 2.45) is 0 Å². The Balaban J connectivity index is -0.00000169. The third kappa shape index (κ3) is 29.7. The Bertz CT molecular complexity index is 761. The van der Waals surface area contributed by atoms with Gasteiger partial charge in [0.1, 0.15) is 65.4 Å². The molecule has 0 spiro atoms. The Morgan fingerprint density at radius 3 is 1.04 bits per heavy atom. The molecule has 4 N–H and O–H groups in total. The van der Waals surface area contributed by atoms with Crippen LogP contribution < -0.4 is 49.6 Å². The van der Waals surface area contributed by atoms with Crippen LogP contribution >= 0.6 is 0 Å². The van der Waals surface area contributed by atoms with Crippen LogP contribution in [-0.4, -0.2) is 184 Å². The van der Waals surface area contributed by atoms with Gasteiger partial charge in [-0.2, -0.15) is 0 Å². The number of carbonyl (C=O) groups is 1. The van der Waals surface area contributed by atoms with Crippen LogP contribution in [0.3, 0.4) is 0 Å². The summed E-state index contributed by atoms with van der Waals surface area (Å²) in [6.07, 6.45) is 13.9. The molecule has 4 unspecified atom stereocenters. The van der Waals surface area contributed by atoms with Gasteiger partial charge in [-0.3, -0.25) is 4.79 Å². The molecule has 0 aromatic carbocycles. The summed E-state index contributed by atoms with van der Waals surface area (Å²) in [7, 11) is 8.71. The molecule has 0 saturated carbocycles. The molecule has 14 heteroatoms. The first-order valence-corrected chi connectivity index (χ1v) is 18.8. The van der Waals surface area contributed by atoms with E-state index in [4.69, 9.17) is 4.74 Å². The molecule has 0 aromatic heterocycles. The van der Waals surface area contributed by atoms with Gasteiger partial charge in [0, 0.05) is 0 Å². The quantitative estimate of drug-likeness (QED) is 0.0299. The highest BCUT2D eigenvalue weighted by Gasteiger charge is 2.34. The molecule has 0 aromatic rings. The monoisotopic (exact) mass is 804 g/mol. The largest absolute Gasteiger partial charge is 1.00 e. The first kappa shape index (κ1) is 59.6. The van der Waals surface area contributed by atoms with Crippen LogP contribution in [0.15, 0.2) is 0 Å². The molecule has 50 heavy (non-hydrogen) atoms. The number of unbranched alkanes of at least 4 members (excludes halogenated alkanes) is 9. The summed E-state index contributed by atoms with van der Waals surface area (Å²) in [5.41, 5.74) is 0. The van der Waals surface area contributed by atoms with Crippen LogP contribution in [0.4, 0.5) is 0 Å². The maximum Gasteiger partial charge on any atom is 0.311 e. The van der Waals surface area contributed by atoms with Crippen molar-refractivity contribution in [3.8, 4) is 0 Å². The molecule has 308 valence electrons. The molecule has 0 aliphatic carbocycles. The van der Waals surface area contributed by atoms with Gasteiger partial charge < -0.3 is 92.7 Å². The number of rotatable bonds is 33. The number of nitrogens with zero attached hydrogens (tertiary/aromatic N) is 4. The van der Waals surface area contributed by atoms with Gasteiger partial charge in [0.2, 0.25) is 0 Å². The number of esters is 1. The lowest BCUT2D eigenvalue weighted by molar-refractivity contribution is -0.995. The fraction of sp³-hybridized carbons (Fsp3) is 0.972.